The van der Waals surface area contributed by atoms with Gasteiger partial charge in [-0.3, -0.25) is 30.2 Å². The minimum atomic E-state index is -0.455. The van der Waals surface area contributed by atoms with Gasteiger partial charge in [0.1, 0.15) is 0 Å². The Balaban J connectivity index is 1.78. The number of hydrogen-bond donors (Lipinski definition) is 0. The van der Waals surface area contributed by atoms with Crippen molar-refractivity contribution in [2.75, 3.05) is 0 Å². The Morgan fingerprint density at radius 1 is 0.607 bits per heavy atom. The Labute approximate surface area is 159 Å². The number of hydrogen-bond acceptors (Lipinski definition) is 6. The molecule has 28 heavy (non-hydrogen) atoms. The van der Waals surface area contributed by atoms with Crippen molar-refractivity contribution in [1.82, 2.24) is 0 Å². The Kier molecular flexibility index (Phi) is 5.61. The third-order valence-electron chi connectivity index (χ3n) is 3.79. The van der Waals surface area contributed by atoms with Crippen molar-refractivity contribution in [3.05, 3.63) is 104 Å². The maximum absolute atomic E-state index is 10.7. The molecule has 8 nitrogen and oxygen atoms in total. The molecule has 0 radical (unpaired) electrons. The van der Waals surface area contributed by atoms with E-state index in [0.29, 0.717) is 11.4 Å². The minimum absolute atomic E-state index is 0.0187. The predicted octanol–water partition coefficient (Wildman–Crippen LogP) is 5.00. The minimum Gasteiger partial charge on any atom is -0.258 e. The highest BCUT2D eigenvalue weighted by Gasteiger charge is 2.04. The smallest absolute Gasteiger partial charge is 0.258 e. The summed E-state index contributed by atoms with van der Waals surface area (Å²) in [5.74, 6) is 0. The van der Waals surface area contributed by atoms with E-state index in [-0.39, 0.29) is 11.4 Å². The molecule has 0 saturated heterocycles. The molecular formula is C20H14N4O4. The molecular weight excluding hydrogens is 360 g/mol. The molecule has 0 spiro atoms. The van der Waals surface area contributed by atoms with E-state index >= 15 is 0 Å². The molecule has 138 valence electrons. The van der Waals surface area contributed by atoms with Crippen molar-refractivity contribution < 1.29 is 9.85 Å². The van der Waals surface area contributed by atoms with E-state index in [1.165, 1.54) is 24.3 Å². The van der Waals surface area contributed by atoms with Crippen molar-refractivity contribution in [3.8, 4) is 0 Å². The maximum atomic E-state index is 10.7. The lowest BCUT2D eigenvalue weighted by molar-refractivity contribution is -0.385. The topological polar surface area (TPSA) is 111 Å². The molecule has 0 heterocycles. The molecule has 0 aromatic heterocycles. The summed E-state index contributed by atoms with van der Waals surface area (Å²) >= 11 is 0. The van der Waals surface area contributed by atoms with Gasteiger partial charge in [-0.1, -0.05) is 12.1 Å². The second-order valence-corrected chi connectivity index (χ2v) is 5.70. The van der Waals surface area contributed by atoms with Crippen LogP contribution in [0.3, 0.4) is 0 Å². The summed E-state index contributed by atoms with van der Waals surface area (Å²) in [5.41, 5.74) is 2.73. The van der Waals surface area contributed by atoms with Crippen LogP contribution in [0.5, 0.6) is 0 Å². The Bertz CT molecular complexity index is 972. The highest BCUT2D eigenvalue weighted by Crippen LogP contribution is 2.27. The third-order valence-corrected chi connectivity index (χ3v) is 3.79. The first-order valence-electron chi connectivity index (χ1n) is 8.19. The summed E-state index contributed by atoms with van der Waals surface area (Å²) in [6.07, 6.45) is 3.20. The Morgan fingerprint density at radius 3 is 1.29 bits per heavy atom. The summed E-state index contributed by atoms with van der Waals surface area (Å²) in [7, 11) is 0. The van der Waals surface area contributed by atoms with Gasteiger partial charge in [0, 0.05) is 36.7 Å². The van der Waals surface area contributed by atoms with Crippen molar-refractivity contribution in [1.29, 1.82) is 0 Å². The molecule has 3 aromatic rings. The van der Waals surface area contributed by atoms with Crippen LogP contribution in [0.2, 0.25) is 0 Å². The molecule has 0 bridgehead atoms. The van der Waals surface area contributed by atoms with Gasteiger partial charge in [0.05, 0.1) is 21.2 Å². The maximum Gasteiger partial charge on any atom is 0.269 e. The third kappa shape index (κ3) is 4.70. The van der Waals surface area contributed by atoms with Crippen LogP contribution < -0.4 is 0 Å². The Hall–Kier alpha value is -4.20. The lowest BCUT2D eigenvalue weighted by Crippen LogP contribution is -1.88. The number of para-hydroxylation sites is 2. The number of benzene rings is 3. The lowest BCUT2D eigenvalue weighted by atomic mass is 10.2. The standard InChI is InChI=1S/C20H14N4O4/c25-23(26)17-9-5-15(6-10-17)13-21-19-3-1-2-4-20(19)22-14-16-7-11-18(12-8-16)24(27)28/h1-14H. The van der Waals surface area contributed by atoms with Crippen LogP contribution in [0.15, 0.2) is 82.8 Å². The average molecular weight is 374 g/mol. The zero-order valence-electron chi connectivity index (χ0n) is 14.5. The largest absolute Gasteiger partial charge is 0.269 e. The number of aliphatic imine (C=N–C) groups is 2. The van der Waals surface area contributed by atoms with Gasteiger partial charge in [-0.25, -0.2) is 0 Å². The predicted molar refractivity (Wildman–Crippen MR) is 107 cm³/mol. The first kappa shape index (κ1) is 18.6. The highest BCUT2D eigenvalue weighted by atomic mass is 16.6. The van der Waals surface area contributed by atoms with Crippen LogP contribution in [0.4, 0.5) is 22.7 Å². The Morgan fingerprint density at radius 2 is 0.964 bits per heavy atom. The van der Waals surface area contributed by atoms with Crippen LogP contribution >= 0.6 is 0 Å². The van der Waals surface area contributed by atoms with Gasteiger partial charge in [0.2, 0.25) is 0 Å². The van der Waals surface area contributed by atoms with E-state index in [9.17, 15) is 20.2 Å². The van der Waals surface area contributed by atoms with E-state index in [2.05, 4.69) is 9.98 Å². The fourth-order valence-corrected chi connectivity index (χ4v) is 2.33. The summed E-state index contributed by atoms with van der Waals surface area (Å²) in [5, 5.41) is 21.4. The number of nitro benzene ring substituents is 2. The van der Waals surface area contributed by atoms with Gasteiger partial charge in [0.25, 0.3) is 11.4 Å². The van der Waals surface area contributed by atoms with Gasteiger partial charge < -0.3 is 0 Å². The molecule has 0 aliphatic carbocycles. The van der Waals surface area contributed by atoms with E-state index in [1.807, 2.05) is 12.1 Å². The second kappa shape index (κ2) is 8.45. The quantitative estimate of drug-likeness (QED) is 0.343. The summed E-state index contributed by atoms with van der Waals surface area (Å²) in [4.78, 5) is 29.3. The molecule has 0 atom stereocenters. The van der Waals surface area contributed by atoms with Crippen molar-refractivity contribution in [3.63, 3.8) is 0 Å². The van der Waals surface area contributed by atoms with Crippen LogP contribution in [0, 0.1) is 20.2 Å². The van der Waals surface area contributed by atoms with E-state index < -0.39 is 9.85 Å². The van der Waals surface area contributed by atoms with Gasteiger partial charge in [-0.2, -0.15) is 0 Å². The molecule has 3 aromatic carbocycles. The van der Waals surface area contributed by atoms with Crippen molar-refractivity contribution >= 4 is 35.2 Å². The first-order chi connectivity index (χ1) is 13.5. The first-order valence-corrected chi connectivity index (χ1v) is 8.19. The number of nitrogens with zero attached hydrogens (tertiary/aromatic N) is 4. The van der Waals surface area contributed by atoms with Gasteiger partial charge >= 0.3 is 0 Å². The van der Waals surface area contributed by atoms with Crippen molar-refractivity contribution in [2.45, 2.75) is 0 Å². The van der Waals surface area contributed by atoms with Gasteiger partial charge in [-0.05, 0) is 47.5 Å². The fraction of sp³-hybridized carbons (Fsp3) is 0. The van der Waals surface area contributed by atoms with Gasteiger partial charge in [-0.15, -0.1) is 0 Å². The molecule has 0 amide bonds. The summed E-state index contributed by atoms with van der Waals surface area (Å²) in [6, 6.07) is 19.4. The normalized spacial score (nSPS) is 11.1. The fourth-order valence-electron chi connectivity index (χ4n) is 2.33. The van der Waals surface area contributed by atoms with E-state index in [0.717, 1.165) is 11.1 Å². The zero-order chi connectivity index (χ0) is 19.9. The van der Waals surface area contributed by atoms with Gasteiger partial charge in [0.15, 0.2) is 0 Å². The van der Waals surface area contributed by atoms with Crippen LogP contribution in [0.25, 0.3) is 0 Å². The molecule has 8 heteroatoms. The van der Waals surface area contributed by atoms with E-state index in [4.69, 9.17) is 0 Å². The molecule has 0 unspecified atom stereocenters. The second-order valence-electron chi connectivity index (χ2n) is 5.70. The molecule has 0 N–H and O–H groups in total. The monoisotopic (exact) mass is 374 g/mol. The van der Waals surface area contributed by atoms with Crippen LogP contribution in [0.1, 0.15) is 11.1 Å². The number of rotatable bonds is 6. The van der Waals surface area contributed by atoms with E-state index in [1.54, 1.807) is 48.8 Å². The molecule has 0 aliphatic heterocycles. The molecule has 0 fully saturated rings. The number of non-ortho nitro benzene ring substituents is 2. The lowest BCUT2D eigenvalue weighted by Gasteiger charge is -2.00. The zero-order valence-corrected chi connectivity index (χ0v) is 14.5. The summed E-state index contributed by atoms with van der Waals surface area (Å²) < 4.78 is 0. The summed E-state index contributed by atoms with van der Waals surface area (Å²) in [6.45, 7) is 0. The molecule has 3 rings (SSSR count). The van der Waals surface area contributed by atoms with Crippen LogP contribution in [-0.2, 0) is 0 Å². The van der Waals surface area contributed by atoms with Crippen LogP contribution in [-0.4, -0.2) is 22.3 Å². The number of nitro groups is 2. The molecule has 0 aliphatic rings. The highest BCUT2D eigenvalue weighted by molar-refractivity contribution is 5.87. The average Bonchev–Trinajstić information content (AvgIpc) is 2.72. The SMILES string of the molecule is O=[N+]([O-])c1ccc(C=Nc2ccccc2N=Cc2ccc([N+](=O)[O-])cc2)cc1. The molecule has 0 saturated carbocycles. The van der Waals surface area contributed by atoms with Crippen molar-refractivity contribution in [2.24, 2.45) is 9.98 Å².